The molecule has 2 amide bonds. The Hall–Kier alpha value is -1.63. The number of nitrogens with one attached hydrogen (secondary N) is 1. The van der Waals surface area contributed by atoms with Crippen molar-refractivity contribution in [2.24, 2.45) is 5.92 Å². The first-order valence-electron chi connectivity index (χ1n) is 4.72. The number of amides is 2. The molecule has 1 unspecified atom stereocenters. The molecule has 2 aliphatic rings. The minimum Gasteiger partial charge on any atom is -0.291 e. The monoisotopic (exact) mass is 190 g/mol. The van der Waals surface area contributed by atoms with Crippen LogP contribution < -0.4 is 5.32 Å². The van der Waals surface area contributed by atoms with Crippen molar-refractivity contribution in [3.05, 3.63) is 11.1 Å². The van der Waals surface area contributed by atoms with E-state index in [1.807, 2.05) is 6.07 Å². The number of hydrogen-bond acceptors (Lipinski definition) is 3. The molecule has 1 aliphatic heterocycles. The maximum Gasteiger partial charge on any atom is 0.268 e. The summed E-state index contributed by atoms with van der Waals surface area (Å²) >= 11 is 0. The molecule has 0 aromatic rings. The van der Waals surface area contributed by atoms with E-state index in [1.54, 1.807) is 0 Å². The van der Waals surface area contributed by atoms with Gasteiger partial charge in [-0.3, -0.25) is 14.9 Å². The molecule has 1 saturated carbocycles. The lowest BCUT2D eigenvalue weighted by molar-refractivity contribution is -0.131. The fraction of sp³-hybridized carbons (Fsp3) is 0.500. The Labute approximate surface area is 81.6 Å². The number of rotatable bonds is 0. The standard InChI is InChI=1S/C10H10N2O2/c11-5-8-6-3-1-2-4-7(6)9(13)12-10(8)14/h7H,1-4H2,(H,12,13,14). The SMILES string of the molecule is N#CC1=C2CCCCC2C(=O)NC1=O. The Morgan fingerprint density at radius 3 is 2.86 bits per heavy atom. The van der Waals surface area contributed by atoms with Crippen LogP contribution in [0.25, 0.3) is 0 Å². The molecule has 0 spiro atoms. The average molecular weight is 190 g/mol. The van der Waals surface area contributed by atoms with Crippen molar-refractivity contribution in [2.45, 2.75) is 25.7 Å². The van der Waals surface area contributed by atoms with E-state index >= 15 is 0 Å². The number of hydrogen-bond donors (Lipinski definition) is 1. The third-order valence-electron chi connectivity index (χ3n) is 2.82. The van der Waals surface area contributed by atoms with E-state index in [1.165, 1.54) is 0 Å². The molecule has 1 aliphatic carbocycles. The van der Waals surface area contributed by atoms with Crippen LogP contribution in [0, 0.1) is 17.2 Å². The van der Waals surface area contributed by atoms with Gasteiger partial charge in [-0.2, -0.15) is 5.26 Å². The lowest BCUT2D eigenvalue weighted by Gasteiger charge is -2.28. The van der Waals surface area contributed by atoms with Gasteiger partial charge in [0.25, 0.3) is 5.91 Å². The molecule has 1 N–H and O–H groups in total. The van der Waals surface area contributed by atoms with Crippen molar-refractivity contribution >= 4 is 11.8 Å². The predicted molar refractivity (Wildman–Crippen MR) is 47.7 cm³/mol. The highest BCUT2D eigenvalue weighted by molar-refractivity contribution is 6.11. The van der Waals surface area contributed by atoms with Gasteiger partial charge in [0.2, 0.25) is 5.91 Å². The van der Waals surface area contributed by atoms with Crippen LogP contribution in [0.2, 0.25) is 0 Å². The highest BCUT2D eigenvalue weighted by Crippen LogP contribution is 2.33. The summed E-state index contributed by atoms with van der Waals surface area (Å²) in [6.45, 7) is 0. The van der Waals surface area contributed by atoms with Gasteiger partial charge in [-0.25, -0.2) is 0 Å². The van der Waals surface area contributed by atoms with Crippen molar-refractivity contribution in [1.82, 2.24) is 5.32 Å². The van der Waals surface area contributed by atoms with Crippen molar-refractivity contribution in [3.63, 3.8) is 0 Å². The minimum absolute atomic E-state index is 0.161. The lowest BCUT2D eigenvalue weighted by Crippen LogP contribution is -2.43. The topological polar surface area (TPSA) is 70.0 Å². The molecule has 0 aromatic heterocycles. The van der Waals surface area contributed by atoms with Gasteiger partial charge >= 0.3 is 0 Å². The smallest absolute Gasteiger partial charge is 0.268 e. The molecule has 4 nitrogen and oxygen atoms in total. The van der Waals surface area contributed by atoms with Crippen LogP contribution in [-0.4, -0.2) is 11.8 Å². The highest BCUT2D eigenvalue weighted by atomic mass is 16.2. The number of nitrogens with zero attached hydrogens (tertiary/aromatic N) is 1. The Bertz CT molecular complexity index is 376. The molecule has 0 radical (unpaired) electrons. The summed E-state index contributed by atoms with van der Waals surface area (Å²) in [5.74, 6) is -0.981. The largest absolute Gasteiger partial charge is 0.291 e. The minimum atomic E-state index is -0.523. The molecule has 14 heavy (non-hydrogen) atoms. The molecule has 4 heteroatoms. The first-order valence-corrected chi connectivity index (χ1v) is 4.72. The molecule has 1 heterocycles. The normalized spacial score (nSPS) is 26.6. The maximum atomic E-state index is 11.4. The van der Waals surface area contributed by atoms with Gasteiger partial charge in [-0.05, 0) is 24.8 Å². The van der Waals surface area contributed by atoms with Gasteiger partial charge in [-0.1, -0.05) is 6.42 Å². The molecule has 0 saturated heterocycles. The van der Waals surface area contributed by atoms with Gasteiger partial charge in [0.15, 0.2) is 0 Å². The number of carbonyl (C=O) groups is 2. The first-order chi connectivity index (χ1) is 6.74. The first kappa shape index (κ1) is 8.95. The summed E-state index contributed by atoms with van der Waals surface area (Å²) < 4.78 is 0. The Balaban J connectivity index is 2.46. The van der Waals surface area contributed by atoms with E-state index in [9.17, 15) is 9.59 Å². The van der Waals surface area contributed by atoms with Crippen LogP contribution in [-0.2, 0) is 9.59 Å². The second-order valence-corrected chi connectivity index (χ2v) is 3.63. The van der Waals surface area contributed by atoms with Crippen molar-refractivity contribution in [2.75, 3.05) is 0 Å². The van der Waals surface area contributed by atoms with E-state index in [0.29, 0.717) is 6.42 Å². The van der Waals surface area contributed by atoms with Crippen LogP contribution in [0.1, 0.15) is 25.7 Å². The van der Waals surface area contributed by atoms with E-state index in [-0.39, 0.29) is 17.4 Å². The molecule has 2 rings (SSSR count). The molecular weight excluding hydrogens is 180 g/mol. The zero-order valence-corrected chi connectivity index (χ0v) is 7.67. The third kappa shape index (κ3) is 1.22. The van der Waals surface area contributed by atoms with E-state index < -0.39 is 5.91 Å². The summed E-state index contributed by atoms with van der Waals surface area (Å²) in [5.41, 5.74) is 0.918. The lowest BCUT2D eigenvalue weighted by atomic mass is 9.79. The van der Waals surface area contributed by atoms with E-state index in [4.69, 9.17) is 5.26 Å². The fourth-order valence-corrected chi connectivity index (χ4v) is 2.13. The predicted octanol–water partition coefficient (Wildman–Crippen LogP) is 0.653. The van der Waals surface area contributed by atoms with Gasteiger partial charge in [0.1, 0.15) is 11.6 Å². The molecule has 0 bridgehead atoms. The summed E-state index contributed by atoms with van der Waals surface area (Å²) in [5, 5.41) is 11.0. The van der Waals surface area contributed by atoms with Crippen LogP contribution in [0.4, 0.5) is 0 Å². The molecule has 72 valence electrons. The summed E-state index contributed by atoms with van der Waals surface area (Å²) in [6.07, 6.45) is 3.44. The van der Waals surface area contributed by atoms with E-state index in [2.05, 4.69) is 5.32 Å². The van der Waals surface area contributed by atoms with Gasteiger partial charge in [0.05, 0.1) is 5.92 Å². The average Bonchev–Trinajstić information content (AvgIpc) is 2.18. The van der Waals surface area contributed by atoms with Crippen molar-refractivity contribution < 1.29 is 9.59 Å². The van der Waals surface area contributed by atoms with Gasteiger partial charge < -0.3 is 0 Å². The summed E-state index contributed by atoms with van der Waals surface area (Å²) in [4.78, 5) is 22.7. The number of carbonyl (C=O) groups excluding carboxylic acids is 2. The van der Waals surface area contributed by atoms with Crippen molar-refractivity contribution in [3.8, 4) is 6.07 Å². The van der Waals surface area contributed by atoms with Crippen molar-refractivity contribution in [1.29, 1.82) is 5.26 Å². The Kier molecular flexibility index (Phi) is 2.08. The highest BCUT2D eigenvalue weighted by Gasteiger charge is 2.35. The molecule has 1 fully saturated rings. The van der Waals surface area contributed by atoms with Gasteiger partial charge in [0, 0.05) is 0 Å². The van der Waals surface area contributed by atoms with Crippen LogP contribution in [0.15, 0.2) is 11.1 Å². The quantitative estimate of drug-likeness (QED) is 0.570. The number of imide groups is 1. The summed E-state index contributed by atoms with van der Waals surface area (Å²) in [6, 6.07) is 1.89. The zero-order chi connectivity index (χ0) is 10.1. The second kappa shape index (κ2) is 3.26. The maximum absolute atomic E-state index is 11.4. The van der Waals surface area contributed by atoms with E-state index in [0.717, 1.165) is 24.8 Å². The Morgan fingerprint density at radius 1 is 1.36 bits per heavy atom. The number of fused-ring (bicyclic) bond motifs is 1. The Morgan fingerprint density at radius 2 is 2.14 bits per heavy atom. The van der Waals surface area contributed by atoms with Crippen LogP contribution in [0.5, 0.6) is 0 Å². The number of nitriles is 1. The fourth-order valence-electron chi connectivity index (χ4n) is 2.13. The zero-order valence-electron chi connectivity index (χ0n) is 7.67. The van der Waals surface area contributed by atoms with Crippen LogP contribution in [0.3, 0.4) is 0 Å². The van der Waals surface area contributed by atoms with Crippen LogP contribution >= 0.6 is 0 Å². The molecule has 0 aromatic carbocycles. The molecule has 1 atom stereocenters. The third-order valence-corrected chi connectivity index (χ3v) is 2.82. The van der Waals surface area contributed by atoms with Gasteiger partial charge in [-0.15, -0.1) is 0 Å². The second-order valence-electron chi connectivity index (χ2n) is 3.63. The molecular formula is C10H10N2O2. The summed E-state index contributed by atoms with van der Waals surface area (Å²) in [7, 11) is 0.